The lowest BCUT2D eigenvalue weighted by Gasteiger charge is -2.26. The fourth-order valence-electron chi connectivity index (χ4n) is 2.55. The standard InChI is InChI=1S/C14H21N5O/c1-11-9-12-13(16-10-17-14(12)18-11)15-3-2-4-19-5-7-20-8-6-19/h9-10H,2-8H2,1H3,(H2,15,16,17,18). The molecule has 1 fully saturated rings. The van der Waals surface area contributed by atoms with Gasteiger partial charge < -0.3 is 15.0 Å². The van der Waals surface area contributed by atoms with Gasteiger partial charge in [0.15, 0.2) is 0 Å². The van der Waals surface area contributed by atoms with Crippen LogP contribution < -0.4 is 5.32 Å². The number of hydrogen-bond acceptors (Lipinski definition) is 5. The number of nitrogens with zero attached hydrogens (tertiary/aromatic N) is 3. The summed E-state index contributed by atoms with van der Waals surface area (Å²) in [5.41, 5.74) is 2.00. The van der Waals surface area contributed by atoms with Gasteiger partial charge in [-0.3, -0.25) is 4.90 Å². The maximum atomic E-state index is 5.35. The molecule has 3 heterocycles. The lowest BCUT2D eigenvalue weighted by Crippen LogP contribution is -2.37. The summed E-state index contributed by atoms with van der Waals surface area (Å²) < 4.78 is 5.35. The molecule has 6 heteroatoms. The number of H-pyrrole nitrogens is 1. The molecule has 2 aromatic rings. The van der Waals surface area contributed by atoms with Gasteiger partial charge in [-0.05, 0) is 26.0 Å². The minimum Gasteiger partial charge on any atom is -0.379 e. The second-order valence-corrected chi connectivity index (χ2v) is 5.17. The number of morpholine rings is 1. The summed E-state index contributed by atoms with van der Waals surface area (Å²) in [6.07, 6.45) is 2.71. The van der Waals surface area contributed by atoms with Crippen LogP contribution in [-0.4, -0.2) is 59.2 Å². The molecule has 0 unspecified atom stereocenters. The van der Waals surface area contributed by atoms with Crippen LogP contribution in [0.1, 0.15) is 12.1 Å². The highest BCUT2D eigenvalue weighted by Crippen LogP contribution is 2.19. The highest BCUT2D eigenvalue weighted by Gasteiger charge is 2.10. The molecule has 6 nitrogen and oxygen atoms in total. The zero-order chi connectivity index (χ0) is 13.8. The van der Waals surface area contributed by atoms with Crippen LogP contribution in [0.15, 0.2) is 12.4 Å². The molecule has 3 rings (SSSR count). The largest absolute Gasteiger partial charge is 0.379 e. The summed E-state index contributed by atoms with van der Waals surface area (Å²) in [7, 11) is 0. The minimum atomic E-state index is 0.864. The van der Waals surface area contributed by atoms with Crippen LogP contribution in [0.5, 0.6) is 0 Å². The first kappa shape index (κ1) is 13.3. The summed E-state index contributed by atoms with van der Waals surface area (Å²) in [6.45, 7) is 7.89. The fourth-order valence-corrected chi connectivity index (χ4v) is 2.55. The van der Waals surface area contributed by atoms with Crippen LogP contribution in [0, 0.1) is 6.92 Å². The molecule has 1 aliphatic rings. The maximum absolute atomic E-state index is 5.35. The van der Waals surface area contributed by atoms with Gasteiger partial charge in [-0.15, -0.1) is 0 Å². The van der Waals surface area contributed by atoms with Gasteiger partial charge in [0.2, 0.25) is 0 Å². The number of fused-ring (bicyclic) bond motifs is 1. The van der Waals surface area contributed by atoms with Gasteiger partial charge in [0.25, 0.3) is 0 Å². The first-order valence-corrected chi connectivity index (χ1v) is 7.17. The quantitative estimate of drug-likeness (QED) is 0.808. The van der Waals surface area contributed by atoms with Gasteiger partial charge in [0.05, 0.1) is 18.6 Å². The average Bonchev–Trinajstić information content (AvgIpc) is 2.86. The fraction of sp³-hybridized carbons (Fsp3) is 0.571. The molecule has 0 aromatic carbocycles. The Morgan fingerprint density at radius 1 is 1.35 bits per heavy atom. The van der Waals surface area contributed by atoms with Crippen LogP contribution in [-0.2, 0) is 4.74 Å². The van der Waals surface area contributed by atoms with Crippen LogP contribution >= 0.6 is 0 Å². The molecule has 20 heavy (non-hydrogen) atoms. The van der Waals surface area contributed by atoms with Crippen LogP contribution in [0.25, 0.3) is 11.0 Å². The number of nitrogens with one attached hydrogen (secondary N) is 2. The smallest absolute Gasteiger partial charge is 0.143 e. The van der Waals surface area contributed by atoms with E-state index in [0.717, 1.165) is 68.4 Å². The van der Waals surface area contributed by atoms with E-state index in [1.165, 1.54) is 0 Å². The van der Waals surface area contributed by atoms with E-state index in [-0.39, 0.29) is 0 Å². The summed E-state index contributed by atoms with van der Waals surface area (Å²) in [5.74, 6) is 0.918. The summed E-state index contributed by atoms with van der Waals surface area (Å²) >= 11 is 0. The summed E-state index contributed by atoms with van der Waals surface area (Å²) in [4.78, 5) is 14.2. The minimum absolute atomic E-state index is 0.864. The predicted octanol–water partition coefficient (Wildman–Crippen LogP) is 1.40. The van der Waals surface area contributed by atoms with Crippen LogP contribution in [0.3, 0.4) is 0 Å². The molecule has 2 N–H and O–H groups in total. The van der Waals surface area contributed by atoms with Crippen molar-refractivity contribution in [2.45, 2.75) is 13.3 Å². The monoisotopic (exact) mass is 275 g/mol. The number of aromatic amines is 1. The van der Waals surface area contributed by atoms with Crippen molar-refractivity contribution >= 4 is 16.9 Å². The second kappa shape index (κ2) is 6.19. The van der Waals surface area contributed by atoms with E-state index in [0.29, 0.717) is 0 Å². The highest BCUT2D eigenvalue weighted by atomic mass is 16.5. The van der Waals surface area contributed by atoms with E-state index in [2.05, 4.69) is 31.2 Å². The van der Waals surface area contributed by atoms with Crippen molar-refractivity contribution in [3.05, 3.63) is 18.1 Å². The average molecular weight is 275 g/mol. The second-order valence-electron chi connectivity index (χ2n) is 5.17. The Bertz CT molecular complexity index is 562. The van der Waals surface area contributed by atoms with Gasteiger partial charge in [-0.2, -0.15) is 0 Å². The predicted molar refractivity (Wildman–Crippen MR) is 79.0 cm³/mol. The molecule has 0 spiro atoms. The van der Waals surface area contributed by atoms with Crippen LogP contribution in [0.4, 0.5) is 5.82 Å². The zero-order valence-electron chi connectivity index (χ0n) is 11.9. The maximum Gasteiger partial charge on any atom is 0.143 e. The first-order chi connectivity index (χ1) is 9.83. The van der Waals surface area contributed by atoms with E-state index < -0.39 is 0 Å². The van der Waals surface area contributed by atoms with E-state index in [1.807, 2.05) is 6.92 Å². The summed E-state index contributed by atoms with van der Waals surface area (Å²) in [6, 6.07) is 2.08. The molecule has 0 bridgehead atoms. The lowest BCUT2D eigenvalue weighted by atomic mass is 10.3. The van der Waals surface area contributed by atoms with Gasteiger partial charge in [-0.25, -0.2) is 9.97 Å². The van der Waals surface area contributed by atoms with E-state index in [4.69, 9.17) is 4.74 Å². The SMILES string of the molecule is Cc1cc2c(NCCCN3CCOCC3)ncnc2[nH]1. The molecule has 1 saturated heterocycles. The van der Waals surface area contributed by atoms with Gasteiger partial charge >= 0.3 is 0 Å². The lowest BCUT2D eigenvalue weighted by molar-refractivity contribution is 0.0378. The van der Waals surface area contributed by atoms with Crippen molar-refractivity contribution in [3.63, 3.8) is 0 Å². The Kier molecular flexibility index (Phi) is 4.13. The van der Waals surface area contributed by atoms with Gasteiger partial charge in [0, 0.05) is 25.3 Å². The van der Waals surface area contributed by atoms with Crippen molar-refractivity contribution in [1.29, 1.82) is 0 Å². The Morgan fingerprint density at radius 3 is 3.05 bits per heavy atom. The number of hydrogen-bond donors (Lipinski definition) is 2. The van der Waals surface area contributed by atoms with E-state index in [1.54, 1.807) is 6.33 Å². The Balaban J connectivity index is 1.52. The Hall–Kier alpha value is -1.66. The van der Waals surface area contributed by atoms with Crippen molar-refractivity contribution < 1.29 is 4.74 Å². The van der Waals surface area contributed by atoms with Crippen molar-refractivity contribution in [2.24, 2.45) is 0 Å². The number of anilines is 1. The molecule has 0 saturated carbocycles. The molecule has 1 aliphatic heterocycles. The summed E-state index contributed by atoms with van der Waals surface area (Å²) in [5, 5.41) is 4.48. The Labute approximate surface area is 118 Å². The van der Waals surface area contributed by atoms with Crippen molar-refractivity contribution in [1.82, 2.24) is 19.9 Å². The van der Waals surface area contributed by atoms with Crippen LogP contribution in [0.2, 0.25) is 0 Å². The normalized spacial score (nSPS) is 16.6. The number of rotatable bonds is 5. The first-order valence-electron chi connectivity index (χ1n) is 7.17. The molecule has 0 amide bonds. The zero-order valence-corrected chi connectivity index (χ0v) is 11.9. The molecule has 0 atom stereocenters. The third-order valence-electron chi connectivity index (χ3n) is 3.61. The third kappa shape index (κ3) is 3.08. The molecule has 108 valence electrons. The van der Waals surface area contributed by atoms with Crippen molar-refractivity contribution in [3.8, 4) is 0 Å². The number of aryl methyl sites for hydroxylation is 1. The van der Waals surface area contributed by atoms with E-state index >= 15 is 0 Å². The molecule has 2 aromatic heterocycles. The van der Waals surface area contributed by atoms with Gasteiger partial charge in [-0.1, -0.05) is 0 Å². The van der Waals surface area contributed by atoms with Crippen molar-refractivity contribution in [2.75, 3.05) is 44.7 Å². The third-order valence-corrected chi connectivity index (χ3v) is 3.61. The molecular formula is C14H21N5O. The molecule has 0 radical (unpaired) electrons. The number of ether oxygens (including phenoxy) is 1. The number of aromatic nitrogens is 3. The topological polar surface area (TPSA) is 66.1 Å². The highest BCUT2D eigenvalue weighted by molar-refractivity contribution is 5.87. The Morgan fingerprint density at radius 2 is 2.20 bits per heavy atom. The van der Waals surface area contributed by atoms with Gasteiger partial charge in [0.1, 0.15) is 17.8 Å². The van der Waals surface area contributed by atoms with E-state index in [9.17, 15) is 0 Å². The molecule has 0 aliphatic carbocycles. The molecular weight excluding hydrogens is 254 g/mol.